The molecule has 0 aliphatic carbocycles. The van der Waals surface area contributed by atoms with E-state index in [1.165, 1.54) is 43.3 Å². The molecule has 0 atom stereocenters. The van der Waals surface area contributed by atoms with Crippen molar-refractivity contribution in [3.8, 4) is 16.9 Å². The van der Waals surface area contributed by atoms with Gasteiger partial charge in [-0.1, -0.05) is 18.2 Å². The molecule has 0 saturated heterocycles. The maximum absolute atomic E-state index is 13.8. The summed E-state index contributed by atoms with van der Waals surface area (Å²) in [6.45, 7) is 1.50. The highest BCUT2D eigenvalue weighted by Crippen LogP contribution is 2.34. The van der Waals surface area contributed by atoms with Crippen molar-refractivity contribution in [2.75, 3.05) is 6.26 Å². The minimum Gasteiger partial charge on any atom is -0.228 e. The lowest BCUT2D eigenvalue weighted by Crippen LogP contribution is -2.13. The van der Waals surface area contributed by atoms with E-state index >= 15 is 0 Å². The molecule has 3 aromatic rings. The van der Waals surface area contributed by atoms with Gasteiger partial charge in [-0.15, -0.1) is 0 Å². The van der Waals surface area contributed by atoms with E-state index in [-0.39, 0.29) is 16.3 Å². The van der Waals surface area contributed by atoms with E-state index in [1.54, 1.807) is 0 Å². The fourth-order valence-corrected chi connectivity index (χ4v) is 3.14. The number of aromatic nitrogens is 2. The summed E-state index contributed by atoms with van der Waals surface area (Å²) < 4.78 is 77.7. The summed E-state index contributed by atoms with van der Waals surface area (Å²) in [5.74, 6) is -0.643. The fraction of sp³-hybridized carbons (Fsp3) is 0.167. The van der Waals surface area contributed by atoms with Crippen LogP contribution < -0.4 is 0 Å². The van der Waals surface area contributed by atoms with E-state index in [1.807, 2.05) is 0 Å². The molecule has 0 aliphatic heterocycles. The Morgan fingerprint density at radius 2 is 1.63 bits per heavy atom. The van der Waals surface area contributed by atoms with Crippen LogP contribution in [-0.4, -0.2) is 24.5 Å². The smallest absolute Gasteiger partial charge is 0.228 e. The van der Waals surface area contributed by atoms with Crippen LogP contribution in [0.4, 0.5) is 17.6 Å². The highest BCUT2D eigenvalue weighted by molar-refractivity contribution is 7.90. The average molecular weight is 398 g/mol. The lowest BCUT2D eigenvalue weighted by Gasteiger charge is -2.10. The van der Waals surface area contributed by atoms with Gasteiger partial charge in [0.05, 0.1) is 16.3 Å². The molecular weight excluding hydrogens is 384 g/mol. The summed E-state index contributed by atoms with van der Waals surface area (Å²) >= 11 is 0. The normalized spacial score (nSPS) is 12.4. The van der Waals surface area contributed by atoms with Gasteiger partial charge >= 0.3 is 6.18 Å². The predicted octanol–water partition coefficient (Wildman–Crippen LogP) is 4.41. The van der Waals surface area contributed by atoms with Crippen LogP contribution in [0.3, 0.4) is 0 Å². The van der Waals surface area contributed by atoms with Crippen LogP contribution in [-0.2, 0) is 16.0 Å². The monoisotopic (exact) mass is 398 g/mol. The van der Waals surface area contributed by atoms with E-state index in [2.05, 4.69) is 5.10 Å². The molecule has 1 heterocycles. The average Bonchev–Trinajstić information content (AvgIpc) is 3.02. The second-order valence-electron chi connectivity index (χ2n) is 6.05. The van der Waals surface area contributed by atoms with Crippen molar-refractivity contribution in [1.29, 1.82) is 0 Å². The molecule has 2 aromatic carbocycles. The standard InChI is InChI=1S/C18H14F4N2O2S/c1-11-3-6-13(9-15(11)19)24-17(18(20,21)22)10-16(23-24)12-4-7-14(8-5-12)27(2,25)26/h3-10H,1-2H3. The van der Waals surface area contributed by atoms with Crippen LogP contribution in [0.25, 0.3) is 16.9 Å². The van der Waals surface area contributed by atoms with Gasteiger partial charge in [-0.05, 0) is 42.8 Å². The molecule has 0 N–H and O–H groups in total. The van der Waals surface area contributed by atoms with E-state index in [0.29, 0.717) is 15.8 Å². The van der Waals surface area contributed by atoms with Gasteiger partial charge < -0.3 is 0 Å². The maximum Gasteiger partial charge on any atom is 0.433 e. The third kappa shape index (κ3) is 3.87. The second kappa shape index (κ2) is 6.49. The summed E-state index contributed by atoms with van der Waals surface area (Å²) in [5.41, 5.74) is -0.531. The molecule has 0 bridgehead atoms. The van der Waals surface area contributed by atoms with E-state index in [4.69, 9.17) is 0 Å². The minimum atomic E-state index is -4.71. The van der Waals surface area contributed by atoms with Gasteiger partial charge in [-0.25, -0.2) is 17.5 Å². The molecule has 0 spiro atoms. The molecule has 0 amide bonds. The Labute approximate surface area is 153 Å². The topological polar surface area (TPSA) is 52.0 Å². The number of sulfone groups is 1. The van der Waals surface area contributed by atoms with Gasteiger partial charge in [0.2, 0.25) is 0 Å². The SMILES string of the molecule is Cc1ccc(-n2nc(-c3ccc(S(C)(=O)=O)cc3)cc2C(F)(F)F)cc1F. The third-order valence-corrected chi connectivity index (χ3v) is 5.11. The van der Waals surface area contributed by atoms with Crippen LogP contribution in [0.15, 0.2) is 53.4 Å². The number of aryl methyl sites for hydroxylation is 1. The first-order valence-corrected chi connectivity index (χ1v) is 9.60. The van der Waals surface area contributed by atoms with Crippen molar-refractivity contribution in [2.45, 2.75) is 18.0 Å². The molecule has 0 saturated carbocycles. The van der Waals surface area contributed by atoms with Crippen molar-refractivity contribution in [3.05, 3.63) is 65.6 Å². The number of benzene rings is 2. The van der Waals surface area contributed by atoms with E-state index < -0.39 is 27.5 Å². The largest absolute Gasteiger partial charge is 0.433 e. The Hall–Kier alpha value is -2.68. The molecule has 1 aromatic heterocycles. The van der Waals surface area contributed by atoms with Crippen LogP contribution in [0.5, 0.6) is 0 Å². The second-order valence-corrected chi connectivity index (χ2v) is 8.07. The van der Waals surface area contributed by atoms with Crippen LogP contribution in [0.1, 0.15) is 11.3 Å². The van der Waals surface area contributed by atoms with Gasteiger partial charge in [0.15, 0.2) is 9.84 Å². The zero-order chi connectivity index (χ0) is 20.0. The van der Waals surface area contributed by atoms with Gasteiger partial charge in [0, 0.05) is 11.8 Å². The first-order valence-electron chi connectivity index (χ1n) is 7.71. The van der Waals surface area contributed by atoms with Crippen molar-refractivity contribution in [1.82, 2.24) is 9.78 Å². The van der Waals surface area contributed by atoms with Gasteiger partial charge in [0.1, 0.15) is 11.5 Å². The minimum absolute atomic E-state index is 0.0108. The Kier molecular flexibility index (Phi) is 4.59. The van der Waals surface area contributed by atoms with E-state index in [0.717, 1.165) is 18.4 Å². The number of halogens is 4. The van der Waals surface area contributed by atoms with E-state index in [9.17, 15) is 26.0 Å². The first kappa shape index (κ1) is 19.1. The molecule has 0 radical (unpaired) electrons. The predicted molar refractivity (Wildman–Crippen MR) is 91.8 cm³/mol. The number of hydrogen-bond acceptors (Lipinski definition) is 3. The van der Waals surface area contributed by atoms with Crippen molar-refractivity contribution in [2.24, 2.45) is 0 Å². The Morgan fingerprint density at radius 1 is 1.00 bits per heavy atom. The van der Waals surface area contributed by atoms with Crippen molar-refractivity contribution < 1.29 is 26.0 Å². The van der Waals surface area contributed by atoms with Gasteiger partial charge in [-0.3, -0.25) is 0 Å². The quantitative estimate of drug-likeness (QED) is 0.614. The molecule has 27 heavy (non-hydrogen) atoms. The maximum atomic E-state index is 13.8. The highest BCUT2D eigenvalue weighted by atomic mass is 32.2. The molecule has 0 unspecified atom stereocenters. The summed E-state index contributed by atoms with van der Waals surface area (Å²) in [6, 6.07) is 9.87. The molecule has 142 valence electrons. The zero-order valence-electron chi connectivity index (χ0n) is 14.2. The van der Waals surface area contributed by atoms with Crippen LogP contribution in [0.2, 0.25) is 0 Å². The lowest BCUT2D eigenvalue weighted by atomic mass is 10.1. The molecule has 9 heteroatoms. The van der Waals surface area contributed by atoms with Gasteiger partial charge in [-0.2, -0.15) is 18.3 Å². The summed E-state index contributed by atoms with van der Waals surface area (Å²) in [7, 11) is -3.43. The summed E-state index contributed by atoms with van der Waals surface area (Å²) in [6.07, 6.45) is -3.68. The van der Waals surface area contributed by atoms with Crippen molar-refractivity contribution >= 4 is 9.84 Å². The number of nitrogens with zero attached hydrogens (tertiary/aromatic N) is 2. The lowest BCUT2D eigenvalue weighted by molar-refractivity contribution is -0.142. The highest BCUT2D eigenvalue weighted by Gasteiger charge is 2.36. The summed E-state index contributed by atoms with van der Waals surface area (Å²) in [5, 5.41) is 3.96. The Balaban J connectivity index is 2.13. The van der Waals surface area contributed by atoms with Crippen LogP contribution >= 0.6 is 0 Å². The molecule has 0 aliphatic rings. The van der Waals surface area contributed by atoms with Gasteiger partial charge in [0.25, 0.3) is 0 Å². The Bertz CT molecular complexity index is 1100. The molecule has 0 fully saturated rings. The fourth-order valence-electron chi connectivity index (χ4n) is 2.51. The third-order valence-electron chi connectivity index (χ3n) is 3.98. The summed E-state index contributed by atoms with van der Waals surface area (Å²) in [4.78, 5) is 0.0438. The first-order chi connectivity index (χ1) is 12.5. The number of alkyl halides is 3. The molecule has 4 nitrogen and oxygen atoms in total. The Morgan fingerprint density at radius 3 is 2.15 bits per heavy atom. The number of hydrogen-bond donors (Lipinski definition) is 0. The number of rotatable bonds is 3. The van der Waals surface area contributed by atoms with Crippen molar-refractivity contribution in [3.63, 3.8) is 0 Å². The molecular formula is C18H14F4N2O2S. The molecule has 3 rings (SSSR count). The zero-order valence-corrected chi connectivity index (χ0v) is 15.1. The van der Waals surface area contributed by atoms with Crippen LogP contribution in [0, 0.1) is 12.7 Å².